The number of pyridine rings is 1. The first-order valence-electron chi connectivity index (χ1n) is 9.46. The van der Waals surface area contributed by atoms with Crippen molar-refractivity contribution in [2.45, 2.75) is 25.7 Å². The summed E-state index contributed by atoms with van der Waals surface area (Å²) in [6.45, 7) is 3.27. The Balaban J connectivity index is 1.53. The maximum atomic E-state index is 13.2. The molecule has 2 aliphatic heterocycles. The van der Waals surface area contributed by atoms with Crippen molar-refractivity contribution in [2.75, 3.05) is 39.9 Å². The molecular formula is C19H25N5O3. The largest absolute Gasteiger partial charge is 0.383 e. The van der Waals surface area contributed by atoms with E-state index in [-0.39, 0.29) is 17.2 Å². The average Bonchev–Trinajstić information content (AvgIpc) is 3.17. The lowest BCUT2D eigenvalue weighted by Gasteiger charge is -2.48. The van der Waals surface area contributed by atoms with Crippen molar-refractivity contribution in [2.24, 2.45) is 5.41 Å². The third-order valence-electron chi connectivity index (χ3n) is 5.82. The third kappa shape index (κ3) is 3.41. The van der Waals surface area contributed by atoms with E-state index in [0.29, 0.717) is 43.9 Å². The van der Waals surface area contributed by atoms with Gasteiger partial charge in [-0.2, -0.15) is 0 Å². The fourth-order valence-corrected chi connectivity index (χ4v) is 4.41. The van der Waals surface area contributed by atoms with Gasteiger partial charge < -0.3 is 14.5 Å². The molecule has 8 heteroatoms. The van der Waals surface area contributed by atoms with Crippen LogP contribution in [0.3, 0.4) is 0 Å². The monoisotopic (exact) mass is 371 g/mol. The van der Waals surface area contributed by atoms with Crippen LogP contribution >= 0.6 is 0 Å². The van der Waals surface area contributed by atoms with E-state index < -0.39 is 0 Å². The lowest BCUT2D eigenvalue weighted by atomic mass is 9.73. The van der Waals surface area contributed by atoms with Crippen molar-refractivity contribution in [3.8, 4) is 0 Å². The van der Waals surface area contributed by atoms with E-state index in [0.717, 1.165) is 25.8 Å². The van der Waals surface area contributed by atoms with Gasteiger partial charge in [-0.05, 0) is 31.4 Å². The Morgan fingerprint density at radius 2 is 2.22 bits per heavy atom. The number of carbonyl (C=O) groups is 2. The van der Waals surface area contributed by atoms with Gasteiger partial charge in [0.2, 0.25) is 5.91 Å². The minimum atomic E-state index is -0.0195. The summed E-state index contributed by atoms with van der Waals surface area (Å²) >= 11 is 0. The summed E-state index contributed by atoms with van der Waals surface area (Å²) in [5.74, 6) is 0.183. The van der Waals surface area contributed by atoms with Gasteiger partial charge >= 0.3 is 0 Å². The fourth-order valence-electron chi connectivity index (χ4n) is 4.41. The molecule has 0 saturated carbocycles. The van der Waals surface area contributed by atoms with Crippen LogP contribution in [0.5, 0.6) is 0 Å². The molecule has 4 rings (SSSR count). The number of amides is 2. The minimum absolute atomic E-state index is 0.00647. The van der Waals surface area contributed by atoms with Crippen LogP contribution in [0.4, 0.5) is 0 Å². The van der Waals surface area contributed by atoms with Gasteiger partial charge in [0, 0.05) is 51.3 Å². The highest BCUT2D eigenvalue weighted by Crippen LogP contribution is 2.39. The van der Waals surface area contributed by atoms with E-state index >= 15 is 0 Å². The number of piperidine rings is 2. The number of hydrogen-bond donors (Lipinski definition) is 0. The van der Waals surface area contributed by atoms with Crippen molar-refractivity contribution < 1.29 is 14.3 Å². The Kier molecular flexibility index (Phi) is 4.82. The number of rotatable bonds is 4. The summed E-state index contributed by atoms with van der Waals surface area (Å²) in [6.07, 6.45) is 6.82. The zero-order valence-corrected chi connectivity index (χ0v) is 15.6. The Morgan fingerprint density at radius 1 is 1.33 bits per heavy atom. The maximum absolute atomic E-state index is 13.2. The fraction of sp³-hybridized carbons (Fsp3) is 0.579. The van der Waals surface area contributed by atoms with Crippen molar-refractivity contribution in [1.82, 2.24) is 24.4 Å². The zero-order valence-electron chi connectivity index (χ0n) is 15.6. The molecule has 2 aromatic heterocycles. The lowest BCUT2D eigenvalue weighted by Crippen LogP contribution is -2.55. The van der Waals surface area contributed by atoms with E-state index in [1.807, 2.05) is 28.1 Å². The SMILES string of the molecule is COCCN1C[C@@]2(CCCN(C(=O)c3cccn4cnnc34)C2)CCC1=O. The number of likely N-dealkylation sites (tertiary alicyclic amines) is 2. The molecule has 2 fully saturated rings. The van der Waals surface area contributed by atoms with Gasteiger partial charge in [0.1, 0.15) is 6.33 Å². The molecule has 144 valence electrons. The van der Waals surface area contributed by atoms with E-state index in [2.05, 4.69) is 10.2 Å². The highest BCUT2D eigenvalue weighted by atomic mass is 16.5. The third-order valence-corrected chi connectivity index (χ3v) is 5.82. The number of methoxy groups -OCH3 is 1. The van der Waals surface area contributed by atoms with Crippen LogP contribution in [0.1, 0.15) is 36.0 Å². The van der Waals surface area contributed by atoms with Crippen molar-refractivity contribution >= 4 is 17.5 Å². The standard InChI is InChI=1S/C19H25N5O3/c1-27-11-10-22-12-19(7-5-16(22)25)6-3-9-23(13-19)18(26)15-4-2-8-24-14-20-21-17(15)24/h2,4,8,14H,3,5-7,9-13H2,1H3/t19-/m1/s1. The summed E-state index contributed by atoms with van der Waals surface area (Å²) in [5, 5.41) is 8.00. The van der Waals surface area contributed by atoms with Gasteiger partial charge in [-0.3, -0.25) is 14.0 Å². The van der Waals surface area contributed by atoms with Crippen LogP contribution in [0.15, 0.2) is 24.7 Å². The number of fused-ring (bicyclic) bond motifs is 1. The normalized spacial score (nSPS) is 23.4. The Morgan fingerprint density at radius 3 is 3.07 bits per heavy atom. The van der Waals surface area contributed by atoms with Gasteiger partial charge in [-0.1, -0.05) is 0 Å². The van der Waals surface area contributed by atoms with Gasteiger partial charge in [-0.15, -0.1) is 10.2 Å². The molecule has 0 unspecified atom stereocenters. The lowest BCUT2D eigenvalue weighted by molar-refractivity contribution is -0.139. The molecule has 1 atom stereocenters. The second-order valence-corrected chi connectivity index (χ2v) is 7.62. The molecule has 27 heavy (non-hydrogen) atoms. The Hall–Kier alpha value is -2.48. The second-order valence-electron chi connectivity index (χ2n) is 7.62. The van der Waals surface area contributed by atoms with Crippen LogP contribution < -0.4 is 0 Å². The number of ether oxygens (including phenoxy) is 1. The average molecular weight is 371 g/mol. The van der Waals surface area contributed by atoms with E-state index in [4.69, 9.17) is 4.74 Å². The molecule has 0 aliphatic carbocycles. The van der Waals surface area contributed by atoms with Crippen LogP contribution in [0.2, 0.25) is 0 Å². The first kappa shape index (κ1) is 17.9. The summed E-state index contributed by atoms with van der Waals surface area (Å²) in [5.41, 5.74) is 1.15. The molecule has 2 aromatic rings. The summed E-state index contributed by atoms with van der Waals surface area (Å²) in [6, 6.07) is 3.65. The summed E-state index contributed by atoms with van der Waals surface area (Å²) in [4.78, 5) is 29.3. The molecule has 4 heterocycles. The van der Waals surface area contributed by atoms with Gasteiger partial charge in [0.05, 0.1) is 12.2 Å². The quantitative estimate of drug-likeness (QED) is 0.807. The number of aromatic nitrogens is 3. The highest BCUT2D eigenvalue weighted by molar-refractivity contribution is 5.99. The minimum Gasteiger partial charge on any atom is -0.383 e. The van der Waals surface area contributed by atoms with Crippen LogP contribution in [-0.4, -0.2) is 76.1 Å². The van der Waals surface area contributed by atoms with Gasteiger partial charge in [-0.25, -0.2) is 0 Å². The predicted octanol–water partition coefficient (Wildman–Crippen LogP) is 1.22. The van der Waals surface area contributed by atoms with Crippen LogP contribution in [0.25, 0.3) is 5.65 Å². The molecule has 1 spiro atoms. The number of nitrogens with zero attached hydrogens (tertiary/aromatic N) is 5. The summed E-state index contributed by atoms with van der Waals surface area (Å²) < 4.78 is 6.91. The molecule has 2 amide bonds. The molecular weight excluding hydrogens is 346 g/mol. The van der Waals surface area contributed by atoms with Crippen LogP contribution in [-0.2, 0) is 9.53 Å². The van der Waals surface area contributed by atoms with Gasteiger partial charge in [0.15, 0.2) is 5.65 Å². The van der Waals surface area contributed by atoms with Crippen molar-refractivity contribution in [3.05, 3.63) is 30.2 Å². The molecule has 8 nitrogen and oxygen atoms in total. The number of carbonyl (C=O) groups excluding carboxylic acids is 2. The van der Waals surface area contributed by atoms with Crippen molar-refractivity contribution in [3.63, 3.8) is 0 Å². The van der Waals surface area contributed by atoms with E-state index in [1.165, 1.54) is 0 Å². The molecule has 0 N–H and O–H groups in total. The summed E-state index contributed by atoms with van der Waals surface area (Å²) in [7, 11) is 1.65. The first-order chi connectivity index (χ1) is 13.1. The Bertz CT molecular complexity index is 851. The molecule has 0 aromatic carbocycles. The molecule has 0 radical (unpaired) electrons. The predicted molar refractivity (Wildman–Crippen MR) is 98.2 cm³/mol. The number of hydrogen-bond acceptors (Lipinski definition) is 5. The van der Waals surface area contributed by atoms with E-state index in [9.17, 15) is 9.59 Å². The highest BCUT2D eigenvalue weighted by Gasteiger charge is 2.42. The van der Waals surface area contributed by atoms with Crippen LogP contribution in [0, 0.1) is 5.41 Å². The smallest absolute Gasteiger partial charge is 0.257 e. The van der Waals surface area contributed by atoms with Crippen molar-refractivity contribution in [1.29, 1.82) is 0 Å². The molecule has 0 bridgehead atoms. The molecule has 2 aliphatic rings. The van der Waals surface area contributed by atoms with Gasteiger partial charge in [0.25, 0.3) is 5.91 Å². The topological polar surface area (TPSA) is 80.0 Å². The zero-order chi connectivity index (χ0) is 18.9. The maximum Gasteiger partial charge on any atom is 0.257 e. The first-order valence-corrected chi connectivity index (χ1v) is 9.46. The second kappa shape index (κ2) is 7.26. The molecule has 2 saturated heterocycles. The van der Waals surface area contributed by atoms with E-state index in [1.54, 1.807) is 17.8 Å². The Labute approximate surface area is 158 Å².